The number of halogens is 8. The van der Waals surface area contributed by atoms with Gasteiger partial charge in [-0.3, -0.25) is 14.4 Å². The van der Waals surface area contributed by atoms with Crippen molar-refractivity contribution < 1.29 is 33.4 Å². The molecule has 33 heteroatoms. The van der Waals surface area contributed by atoms with Crippen LogP contribution in [0.5, 0.6) is 0 Å². The summed E-state index contributed by atoms with van der Waals surface area (Å²) in [6, 6.07) is 48.6. The first kappa shape index (κ1) is 99.1. The molecular weight excluding hydrogens is 1970 g/mol. The second-order valence-corrected chi connectivity index (χ2v) is 41.8. The summed E-state index contributed by atoms with van der Waals surface area (Å²) in [5.41, 5.74) is 27.0. The lowest BCUT2D eigenvalue weighted by molar-refractivity contribution is 0.0511. The Bertz CT molecular complexity index is 6190. The zero-order chi connectivity index (χ0) is 91.8. The SMILES string of the molecule is BrCC1CCCC1.CCOC(=O)c1nnc(CC2CCCC2)c2cc(-c3ccc(Cl)cc3)sc12.CCOC(=O)c1nnc(Cl)c2cc(-c3ccc(Cl)cc3)sc12.Cl.NC(=O)c1nnc(CC2CCCC2)c2cc(-c3ccc(Cl)cc3)sc12.NC(=O)c1nnc(CC2CCCC2)c2cc(-c3ccc(Cl)cc3)sc12.NC(=O)c1nnc(CC2CCCC2)c2cc(-c3ccc(Cl)cc3)sc12. The monoisotopic (exact) mass is 2060 g/mol. The number of nitrogens with two attached hydrogens (primary N) is 3. The molecule has 0 saturated heterocycles. The van der Waals surface area contributed by atoms with Crippen molar-refractivity contribution in [3.8, 4) is 52.2 Å². The van der Waals surface area contributed by atoms with E-state index in [2.05, 4.69) is 91.2 Å². The van der Waals surface area contributed by atoms with Gasteiger partial charge >= 0.3 is 11.9 Å². The van der Waals surface area contributed by atoms with Gasteiger partial charge in [0, 0.05) is 81.8 Å². The van der Waals surface area contributed by atoms with Gasteiger partial charge < -0.3 is 26.7 Å². The van der Waals surface area contributed by atoms with Crippen molar-refractivity contribution in [1.82, 2.24) is 51.0 Å². The van der Waals surface area contributed by atoms with E-state index in [1.54, 1.807) is 25.2 Å². The molecule has 686 valence electrons. The number of rotatable bonds is 21. The fourth-order valence-corrected chi connectivity index (χ4v) is 24.9. The van der Waals surface area contributed by atoms with Gasteiger partial charge in [0.15, 0.2) is 33.6 Å². The number of benzene rings is 5. The van der Waals surface area contributed by atoms with E-state index in [0.29, 0.717) is 71.2 Å². The maximum Gasteiger partial charge on any atom is 0.360 e. The topological polar surface area (TPSA) is 311 Å². The third-order valence-corrected chi connectivity index (χ3v) is 32.7. The van der Waals surface area contributed by atoms with Crippen LogP contribution in [0.3, 0.4) is 0 Å². The fraction of sp³-hybridized carbons (Fsp3) is 0.343. The molecule has 0 radical (unpaired) electrons. The van der Waals surface area contributed by atoms with E-state index in [4.69, 9.17) is 96.3 Å². The molecule has 20 nitrogen and oxygen atoms in total. The van der Waals surface area contributed by atoms with Gasteiger partial charge in [0.05, 0.1) is 59.5 Å². The second kappa shape index (κ2) is 47.1. The first-order valence-corrected chi connectivity index (χ1v) is 51.7. The van der Waals surface area contributed by atoms with Crippen LogP contribution in [0, 0.1) is 29.6 Å². The Morgan fingerprint density at radius 1 is 0.311 bits per heavy atom. The molecule has 0 bridgehead atoms. The number of nitrogens with zero attached hydrogens (tertiary/aromatic N) is 10. The lowest BCUT2D eigenvalue weighted by Gasteiger charge is -2.09. The number of hydrogen-bond acceptors (Lipinski definition) is 22. The standard InChI is InChI=1S/C21H21ClN2O2S.3C19H18ClN3OS.C15H10Cl2N2O2S.C6H11Br.ClH/c1-2-26-21(25)19-20-16(17(23-24-19)11-13-5-3-4-6-13)12-18(27-20)14-7-9-15(22)10-8-14;3*20-13-7-5-12(6-8-13)16-10-14-15(9-11-3-1-2-4-11)22-23-17(19(21)24)18(14)25-16;1-2-21-15(20)12-13-10(14(17)19-18-12)7-11(22-13)8-3-5-9(16)6-4-8;7-5-6-3-1-2-4-6;/h7-10,12-13H,2-6,11H2,1H3;3*5-8,10-11H,1-4,9H2,(H2,21,24);3-7H,2H2,1H3;6H,1-5H2;1H. The Morgan fingerprint density at radius 3 is 0.735 bits per heavy atom. The highest BCUT2D eigenvalue weighted by Crippen LogP contribution is 2.46. The fourth-order valence-electron chi connectivity index (χ4n) is 17.5. The van der Waals surface area contributed by atoms with Gasteiger partial charge in [0.2, 0.25) is 0 Å². The molecule has 20 rings (SSSR count). The molecule has 0 unspecified atom stereocenters. The molecule has 5 fully saturated rings. The molecule has 5 aliphatic carbocycles. The maximum atomic E-state index is 12.4. The van der Waals surface area contributed by atoms with Gasteiger partial charge in [-0.1, -0.05) is 262 Å². The molecule has 0 aliphatic heterocycles. The van der Waals surface area contributed by atoms with E-state index in [-0.39, 0.29) is 46.9 Å². The summed E-state index contributed by atoms with van der Waals surface area (Å²) in [6.07, 6.45) is 29.8. The number of hydrogen-bond donors (Lipinski definition) is 3. The number of carbonyl (C=O) groups excluding carboxylic acids is 5. The Hall–Kier alpha value is -8.84. The first-order valence-electron chi connectivity index (χ1n) is 44.2. The van der Waals surface area contributed by atoms with Crippen molar-refractivity contribution in [2.45, 2.75) is 168 Å². The zero-order valence-corrected chi connectivity index (χ0v) is 83.6. The summed E-state index contributed by atoms with van der Waals surface area (Å²) in [4.78, 5) is 64.9. The predicted molar refractivity (Wildman–Crippen MR) is 547 cm³/mol. The Labute approximate surface area is 830 Å². The van der Waals surface area contributed by atoms with E-state index in [0.717, 1.165) is 147 Å². The van der Waals surface area contributed by atoms with Crippen LogP contribution in [0.4, 0.5) is 0 Å². The Kier molecular flexibility index (Phi) is 35.4. The van der Waals surface area contributed by atoms with E-state index in [1.165, 1.54) is 179 Å². The Balaban J connectivity index is 0.000000130. The van der Waals surface area contributed by atoms with E-state index in [1.807, 2.05) is 127 Å². The molecule has 10 aromatic heterocycles. The van der Waals surface area contributed by atoms with Crippen LogP contribution in [0.2, 0.25) is 30.3 Å². The van der Waals surface area contributed by atoms with Gasteiger partial charge in [0.25, 0.3) is 17.7 Å². The number of esters is 2. The largest absolute Gasteiger partial charge is 0.461 e. The molecule has 3 amide bonds. The van der Waals surface area contributed by atoms with Gasteiger partial charge in [-0.2, -0.15) is 20.4 Å². The van der Waals surface area contributed by atoms with Gasteiger partial charge in [0.1, 0.15) is 0 Å². The van der Waals surface area contributed by atoms with Crippen LogP contribution in [0.25, 0.3) is 103 Å². The van der Waals surface area contributed by atoms with Crippen molar-refractivity contribution in [1.29, 1.82) is 0 Å². The van der Waals surface area contributed by atoms with E-state index < -0.39 is 29.7 Å². The molecule has 6 N–H and O–H groups in total. The summed E-state index contributed by atoms with van der Waals surface area (Å²) in [6.45, 7) is 4.14. The minimum atomic E-state index is -0.533. The smallest absolute Gasteiger partial charge is 0.360 e. The zero-order valence-electron chi connectivity index (χ0n) is 72.6. The molecular formula is C99H97BrCl7N13O7S5. The first-order chi connectivity index (χ1) is 63.5. The summed E-state index contributed by atoms with van der Waals surface area (Å²) in [5, 5.41) is 51.5. The molecule has 0 spiro atoms. The van der Waals surface area contributed by atoms with E-state index in [9.17, 15) is 24.0 Å². The van der Waals surface area contributed by atoms with Gasteiger partial charge in [-0.05, 0) is 201 Å². The normalized spacial score (nSPS) is 14.6. The lowest BCUT2D eigenvalue weighted by Crippen LogP contribution is -2.15. The summed E-state index contributed by atoms with van der Waals surface area (Å²) in [5.74, 6) is 1.16. The number of ether oxygens (including phenoxy) is 2. The highest BCUT2D eigenvalue weighted by molar-refractivity contribution is 9.09. The summed E-state index contributed by atoms with van der Waals surface area (Å²) >= 11 is 47.1. The molecule has 0 atom stereocenters. The quantitative estimate of drug-likeness (QED) is 0.0444. The third-order valence-electron chi connectivity index (χ3n) is 24.3. The highest BCUT2D eigenvalue weighted by Gasteiger charge is 2.29. The predicted octanol–water partition coefficient (Wildman–Crippen LogP) is 28.3. The number of amides is 3. The van der Waals surface area contributed by atoms with E-state index >= 15 is 0 Å². The lowest BCUT2D eigenvalue weighted by atomic mass is 9.99. The average molecular weight is 2070 g/mol. The van der Waals surface area contributed by atoms with Crippen LogP contribution < -0.4 is 17.2 Å². The number of fused-ring (bicyclic) bond motifs is 5. The number of carbonyl (C=O) groups is 5. The highest BCUT2D eigenvalue weighted by atomic mass is 79.9. The van der Waals surface area contributed by atoms with Crippen LogP contribution in [0.1, 0.15) is 217 Å². The molecule has 10 heterocycles. The number of thiophene rings is 5. The van der Waals surface area contributed by atoms with Crippen molar-refractivity contribution in [3.63, 3.8) is 0 Å². The second-order valence-electron chi connectivity index (χ2n) is 33.4. The third kappa shape index (κ3) is 24.9. The summed E-state index contributed by atoms with van der Waals surface area (Å²) < 4.78 is 14.2. The Morgan fingerprint density at radius 2 is 0.515 bits per heavy atom. The molecule has 5 aromatic carbocycles. The minimum absolute atomic E-state index is 0. The molecule has 132 heavy (non-hydrogen) atoms. The molecule has 15 aromatic rings. The van der Waals surface area contributed by atoms with Crippen LogP contribution in [0.15, 0.2) is 152 Å². The number of primary amides is 3. The maximum absolute atomic E-state index is 12.4. The van der Waals surface area contributed by atoms with Crippen LogP contribution >= 0.6 is 155 Å². The van der Waals surface area contributed by atoms with Gasteiger partial charge in [-0.15, -0.1) is 99.7 Å². The molecule has 5 aliphatic rings. The van der Waals surface area contributed by atoms with Crippen molar-refractivity contribution >= 4 is 235 Å². The van der Waals surface area contributed by atoms with Crippen molar-refractivity contribution in [2.24, 2.45) is 46.8 Å². The molecule has 5 saturated carbocycles. The van der Waals surface area contributed by atoms with Gasteiger partial charge in [-0.25, -0.2) is 9.59 Å². The van der Waals surface area contributed by atoms with Crippen molar-refractivity contribution in [2.75, 3.05) is 18.5 Å². The number of aromatic nitrogens is 10. The minimum Gasteiger partial charge on any atom is -0.461 e. The summed E-state index contributed by atoms with van der Waals surface area (Å²) in [7, 11) is 0. The van der Waals surface area contributed by atoms with Crippen LogP contribution in [-0.2, 0) is 35.2 Å². The average Bonchev–Trinajstić information content (AvgIpc) is 1.64. The van der Waals surface area contributed by atoms with Crippen LogP contribution in [-0.4, -0.2) is 99.2 Å². The van der Waals surface area contributed by atoms with Crippen molar-refractivity contribution in [3.05, 3.63) is 233 Å². The number of alkyl halides is 1.